The first-order chi connectivity index (χ1) is 36.4. The van der Waals surface area contributed by atoms with Crippen molar-refractivity contribution in [3.8, 4) is 73.2 Å². The molecule has 70 heavy (non-hydrogen) atoms. The Labute approximate surface area is 411 Å². The molecular weight excluding hydrogens is 857 g/mol. The molecule has 0 radical (unpaired) electrons. The second-order valence-corrected chi connectivity index (χ2v) is 19.0. The van der Waals surface area contributed by atoms with E-state index in [0.717, 1.165) is 94.1 Å². The monoisotopic (exact) mass is 905 g/mol. The summed E-state index contributed by atoms with van der Waals surface area (Å²) in [6.07, 6.45) is 5.67. The van der Waals surface area contributed by atoms with Crippen molar-refractivity contribution in [2.24, 2.45) is 0 Å². The average molecular weight is 906 g/mol. The first kappa shape index (κ1) is 35.2. The van der Waals surface area contributed by atoms with Gasteiger partial charge < -0.3 is 9.15 Å². The van der Waals surface area contributed by atoms with Crippen molar-refractivity contribution in [2.75, 3.05) is 0 Å². The van der Waals surface area contributed by atoms with Crippen LogP contribution >= 0.6 is 0 Å². The van der Waals surface area contributed by atoms with Crippen LogP contribution in [0.3, 0.4) is 0 Å². The minimum Gasteiger partial charge on any atom is -0.458 e. The van der Waals surface area contributed by atoms with Gasteiger partial charge in [0.1, 0.15) is 28.5 Å². The van der Waals surface area contributed by atoms with E-state index in [1.165, 1.54) is 5.56 Å². The Hall–Kier alpha value is -9.00. The molecule has 14 rings (SSSR count). The molecule has 0 fully saturated rings. The summed E-state index contributed by atoms with van der Waals surface area (Å²) in [5.74, 6) is 2.12. The molecule has 1 aliphatic rings. The molecule has 0 aliphatic carbocycles. The molecular formula is C64H44N4O2. The van der Waals surface area contributed by atoms with Crippen molar-refractivity contribution in [2.45, 2.75) is 26.2 Å². The van der Waals surface area contributed by atoms with Crippen molar-refractivity contribution < 1.29 is 20.6 Å². The first-order valence-electron chi connectivity index (χ1n) is 25.9. The van der Waals surface area contributed by atoms with Crippen LogP contribution in [-0.2, 0) is 5.41 Å². The zero-order valence-electron chi connectivity index (χ0n) is 43.4. The van der Waals surface area contributed by atoms with Crippen molar-refractivity contribution in [1.82, 2.24) is 14.1 Å². The molecule has 0 amide bonds. The molecule has 0 atom stereocenters. The quantitative estimate of drug-likeness (QED) is 0.128. The Kier molecular flexibility index (Phi) is 7.67. The summed E-state index contributed by atoms with van der Waals surface area (Å²) >= 11 is 0. The van der Waals surface area contributed by atoms with Gasteiger partial charge in [0.2, 0.25) is 0 Å². The fraction of sp³-hybridized carbons (Fsp3) is 0.0625. The number of rotatable bonds is 5. The summed E-state index contributed by atoms with van der Waals surface area (Å²) in [5, 5.41) is 4.17. The van der Waals surface area contributed by atoms with Gasteiger partial charge in [0.05, 0.1) is 40.3 Å². The predicted octanol–water partition coefficient (Wildman–Crippen LogP) is 16.2. The highest BCUT2D eigenvalue weighted by Gasteiger charge is 2.28. The molecule has 13 aromatic rings. The second-order valence-electron chi connectivity index (χ2n) is 19.0. The first-order valence-corrected chi connectivity index (χ1v) is 23.4. The Morgan fingerprint density at radius 3 is 2.16 bits per heavy atom. The van der Waals surface area contributed by atoms with Gasteiger partial charge in [-0.1, -0.05) is 154 Å². The van der Waals surface area contributed by atoms with Crippen molar-refractivity contribution in [3.05, 3.63) is 224 Å². The second kappa shape index (κ2) is 15.3. The van der Waals surface area contributed by atoms with Crippen LogP contribution in [0.1, 0.15) is 33.2 Å². The number of benzene rings is 9. The number of imidazole rings is 1. The van der Waals surface area contributed by atoms with Gasteiger partial charge in [-0.3, -0.25) is 13.7 Å². The molecule has 9 aromatic carbocycles. The van der Waals surface area contributed by atoms with Gasteiger partial charge in [0, 0.05) is 39.4 Å². The van der Waals surface area contributed by atoms with Gasteiger partial charge in [0.25, 0.3) is 6.33 Å². The lowest BCUT2D eigenvalue weighted by Gasteiger charge is -2.20. The molecule has 0 unspecified atom stereocenters. The van der Waals surface area contributed by atoms with E-state index in [1.807, 2.05) is 77.5 Å². The van der Waals surface area contributed by atoms with Crippen LogP contribution in [0.25, 0.3) is 116 Å². The Morgan fingerprint density at radius 2 is 1.29 bits per heavy atom. The van der Waals surface area contributed by atoms with Gasteiger partial charge in [0.15, 0.2) is 0 Å². The van der Waals surface area contributed by atoms with Gasteiger partial charge >= 0.3 is 0 Å². The topological polar surface area (TPSA) is 49.0 Å². The fourth-order valence-corrected chi connectivity index (χ4v) is 10.5. The van der Waals surface area contributed by atoms with E-state index in [4.69, 9.17) is 21.0 Å². The standard InChI is InChI=1S/C64H44N4O2/c1-64(2,3)42-33-34-65-60(36-42)68-55-24-11-9-21-48(55)49-30-28-45(38-58(49)68)69-44-18-13-17-43(37-44)66-39-67-57-35-41(40-15-5-4-6-16-40)27-29-54(57)61-51(31-32-53-50-22-10-12-26-59(50)70-63(53)61)46-19-7-8-20-47(46)52-23-14-25-56(66)62(52)67/h4-38H,1-3H3/i4D,5D,6D,15D,16D. The minimum atomic E-state index is -0.444. The van der Waals surface area contributed by atoms with Crippen molar-refractivity contribution in [1.29, 1.82) is 0 Å². The lowest BCUT2D eigenvalue weighted by atomic mass is 9.87. The van der Waals surface area contributed by atoms with Gasteiger partial charge in [-0.2, -0.15) is 0 Å². The number of nitrogens with zero attached hydrogens (tertiary/aromatic N) is 4. The third-order valence-corrected chi connectivity index (χ3v) is 13.8. The van der Waals surface area contributed by atoms with Crippen LogP contribution < -0.4 is 9.30 Å². The third kappa shape index (κ3) is 6.19. The molecule has 4 aromatic heterocycles. The molecule has 0 saturated carbocycles. The predicted molar refractivity (Wildman–Crippen MR) is 284 cm³/mol. The lowest BCUT2D eigenvalue weighted by molar-refractivity contribution is -0.571. The average Bonchev–Trinajstić information content (AvgIpc) is 4.17. The van der Waals surface area contributed by atoms with E-state index in [-0.39, 0.29) is 23.1 Å². The van der Waals surface area contributed by atoms with Crippen LogP contribution in [-0.4, -0.2) is 14.1 Å². The molecule has 1 aliphatic heterocycles. The number of pyridine rings is 1. The molecule has 5 heterocycles. The maximum atomic E-state index is 9.07. The van der Waals surface area contributed by atoms with Crippen molar-refractivity contribution >= 4 is 54.8 Å². The summed E-state index contributed by atoms with van der Waals surface area (Å²) < 4.78 is 63.8. The van der Waals surface area contributed by atoms with Crippen LogP contribution in [0.5, 0.6) is 11.5 Å². The molecule has 0 saturated heterocycles. The highest BCUT2D eigenvalue weighted by molar-refractivity contribution is 6.15. The zero-order chi connectivity index (χ0) is 51.0. The number of para-hydroxylation sites is 3. The van der Waals surface area contributed by atoms with E-state index in [9.17, 15) is 0 Å². The molecule has 0 N–H and O–H groups in total. The summed E-state index contributed by atoms with van der Waals surface area (Å²) in [7, 11) is 0. The normalized spacial score (nSPS) is 13.2. The number of aromatic nitrogens is 4. The number of hydrogen-bond acceptors (Lipinski definition) is 3. The van der Waals surface area contributed by atoms with Crippen molar-refractivity contribution in [3.63, 3.8) is 0 Å². The summed E-state index contributed by atoms with van der Waals surface area (Å²) in [6, 6.07) is 57.8. The summed E-state index contributed by atoms with van der Waals surface area (Å²) in [5.41, 5.74) is 14.0. The van der Waals surface area contributed by atoms with E-state index < -0.39 is 18.1 Å². The highest BCUT2D eigenvalue weighted by atomic mass is 16.5. The van der Waals surface area contributed by atoms with E-state index in [0.29, 0.717) is 28.3 Å². The van der Waals surface area contributed by atoms with Crippen LogP contribution in [0.4, 0.5) is 0 Å². The smallest absolute Gasteiger partial charge is 0.269 e. The van der Waals surface area contributed by atoms with Crippen LogP contribution in [0.2, 0.25) is 0 Å². The Balaban J connectivity index is 0.983. The zero-order valence-corrected chi connectivity index (χ0v) is 38.4. The number of fused-ring (bicyclic) bond motifs is 14. The number of ether oxygens (including phenoxy) is 1. The molecule has 6 heteroatoms. The number of hydrogen-bond donors (Lipinski definition) is 0. The summed E-state index contributed by atoms with van der Waals surface area (Å²) in [4.78, 5) is 4.88. The fourth-order valence-electron chi connectivity index (χ4n) is 10.5. The Bertz CT molecular complexity index is 4550. The maximum Gasteiger partial charge on any atom is 0.269 e. The molecule has 332 valence electrons. The van der Waals surface area contributed by atoms with Crippen LogP contribution in [0.15, 0.2) is 217 Å². The van der Waals surface area contributed by atoms with Gasteiger partial charge in [-0.15, -0.1) is 0 Å². The largest absolute Gasteiger partial charge is 0.458 e. The van der Waals surface area contributed by atoms with E-state index in [1.54, 1.807) is 0 Å². The van der Waals surface area contributed by atoms with Gasteiger partial charge in [-0.05, 0) is 117 Å². The molecule has 0 bridgehead atoms. The third-order valence-electron chi connectivity index (χ3n) is 13.8. The van der Waals surface area contributed by atoms with Gasteiger partial charge in [-0.25, -0.2) is 4.98 Å². The molecule has 0 spiro atoms. The number of furan rings is 1. The van der Waals surface area contributed by atoms with E-state index >= 15 is 0 Å². The SMILES string of the molecule is [2H]c1c([2H])c([2H])c(-c2ccc3c(c2)-[n+]2[c-]n(-c4cccc(Oc5ccc6c7ccccc7n(-c7cc(C(C)(C)C)ccn7)c6c5)c4)c4cccc(c42)-c2ccccc2-c2ccc4c(oc5ccccc54)c2-3)c([2H])c1[2H]. The molecule has 6 nitrogen and oxygen atoms in total. The Morgan fingerprint density at radius 1 is 0.571 bits per heavy atom. The maximum absolute atomic E-state index is 9.07. The highest BCUT2D eigenvalue weighted by Crippen LogP contribution is 2.48. The minimum absolute atomic E-state index is 0.0624. The lowest BCUT2D eigenvalue weighted by Crippen LogP contribution is -2.31. The van der Waals surface area contributed by atoms with Crippen LogP contribution in [0, 0.1) is 6.33 Å². The van der Waals surface area contributed by atoms with E-state index in [2.05, 4.69) is 145 Å². The summed E-state index contributed by atoms with van der Waals surface area (Å²) in [6.45, 7) is 6.63.